The van der Waals surface area contributed by atoms with Crippen LogP contribution in [0.5, 0.6) is 0 Å². The van der Waals surface area contributed by atoms with Gasteiger partial charge in [0.25, 0.3) is 0 Å². The molecule has 2 atom stereocenters. The third-order valence-corrected chi connectivity index (χ3v) is 4.16. The fourth-order valence-corrected chi connectivity index (χ4v) is 2.76. The van der Waals surface area contributed by atoms with Crippen molar-refractivity contribution in [3.05, 3.63) is 18.3 Å². The molecule has 1 aromatic rings. The minimum atomic E-state index is -2.89. The molecule has 1 amide bonds. The van der Waals surface area contributed by atoms with Gasteiger partial charge in [0.2, 0.25) is 5.91 Å². The van der Waals surface area contributed by atoms with Gasteiger partial charge in [0.05, 0.1) is 16.8 Å². The molecule has 0 aliphatic carbocycles. The van der Waals surface area contributed by atoms with Crippen LogP contribution >= 0.6 is 0 Å². The summed E-state index contributed by atoms with van der Waals surface area (Å²) in [7, 11) is -1.35. The summed E-state index contributed by atoms with van der Waals surface area (Å²) in [5, 5.41) is 4.55. The second-order valence-electron chi connectivity index (χ2n) is 4.70. The molecule has 0 spiro atoms. The number of amides is 1. The number of hydroxylamine groups is 2. The Kier molecular flexibility index (Phi) is 4.36. The van der Waals surface area contributed by atoms with Gasteiger partial charge in [0.15, 0.2) is 0 Å². The lowest BCUT2D eigenvalue weighted by atomic mass is 10.2. The van der Waals surface area contributed by atoms with Crippen molar-refractivity contribution in [1.82, 2.24) is 10.0 Å². The molecule has 2 heterocycles. The molecule has 0 radical (unpaired) electrons. The molecule has 0 bridgehead atoms. The normalized spacial score (nSPS) is 22.4. The van der Waals surface area contributed by atoms with Crippen molar-refractivity contribution < 1.29 is 13.8 Å². The standard InChI is InChI=1S/C12H18N4O3S/c1-19-16-7-3-4-10(16)12(17)15-9-5-6-14-11(8-9)20(2,13)18/h5-6,8,10,13H,3-4,7H2,1-2H3,(H,14,15,17)/t10?,20-/m1/s1. The van der Waals surface area contributed by atoms with Crippen LogP contribution in [0.15, 0.2) is 23.4 Å². The van der Waals surface area contributed by atoms with Crippen molar-refractivity contribution in [2.75, 3.05) is 25.2 Å². The third-order valence-electron chi connectivity index (χ3n) is 3.14. The second-order valence-corrected chi connectivity index (χ2v) is 6.80. The first-order valence-corrected chi connectivity index (χ1v) is 8.20. The summed E-state index contributed by atoms with van der Waals surface area (Å²) >= 11 is 0. The van der Waals surface area contributed by atoms with Crippen molar-refractivity contribution >= 4 is 21.3 Å². The molecule has 1 aliphatic rings. The van der Waals surface area contributed by atoms with Gasteiger partial charge in [-0.05, 0) is 25.0 Å². The Morgan fingerprint density at radius 1 is 1.65 bits per heavy atom. The molecule has 1 fully saturated rings. The highest BCUT2D eigenvalue weighted by atomic mass is 32.2. The molecule has 110 valence electrons. The van der Waals surface area contributed by atoms with E-state index in [2.05, 4.69) is 10.3 Å². The molecule has 1 saturated heterocycles. The topological polar surface area (TPSA) is 95.4 Å². The highest BCUT2D eigenvalue weighted by molar-refractivity contribution is 7.91. The average molecular weight is 298 g/mol. The fourth-order valence-electron chi connectivity index (χ4n) is 2.15. The van der Waals surface area contributed by atoms with Crippen LogP contribution in [0.1, 0.15) is 12.8 Å². The van der Waals surface area contributed by atoms with E-state index >= 15 is 0 Å². The fraction of sp³-hybridized carbons (Fsp3) is 0.500. The number of carbonyl (C=O) groups excluding carboxylic acids is 1. The van der Waals surface area contributed by atoms with Gasteiger partial charge in [-0.3, -0.25) is 4.79 Å². The number of hydrogen-bond donors (Lipinski definition) is 2. The van der Waals surface area contributed by atoms with Crippen LogP contribution in [-0.2, 0) is 19.4 Å². The molecule has 0 aromatic carbocycles. The quantitative estimate of drug-likeness (QED) is 0.867. The zero-order valence-electron chi connectivity index (χ0n) is 11.5. The number of pyridine rings is 1. The number of hydrogen-bond acceptors (Lipinski definition) is 6. The summed E-state index contributed by atoms with van der Waals surface area (Å²) in [6, 6.07) is 2.76. The van der Waals surface area contributed by atoms with Gasteiger partial charge in [-0.15, -0.1) is 0 Å². The lowest BCUT2D eigenvalue weighted by Crippen LogP contribution is -2.38. The zero-order valence-corrected chi connectivity index (χ0v) is 12.3. The number of carbonyl (C=O) groups is 1. The predicted octanol–water partition coefficient (Wildman–Crippen LogP) is 1.08. The lowest BCUT2D eigenvalue weighted by molar-refractivity contribution is -0.156. The van der Waals surface area contributed by atoms with E-state index in [9.17, 15) is 9.00 Å². The third kappa shape index (κ3) is 3.33. The maximum atomic E-state index is 12.2. The molecule has 1 unspecified atom stereocenters. The van der Waals surface area contributed by atoms with Crippen molar-refractivity contribution in [1.29, 1.82) is 4.78 Å². The molecule has 1 aromatic heterocycles. The number of rotatable bonds is 4. The first kappa shape index (κ1) is 14.9. The van der Waals surface area contributed by atoms with Crippen molar-refractivity contribution in [3.63, 3.8) is 0 Å². The van der Waals surface area contributed by atoms with Gasteiger partial charge < -0.3 is 10.2 Å². The van der Waals surface area contributed by atoms with E-state index in [0.717, 1.165) is 19.4 Å². The number of nitrogens with one attached hydrogen (secondary N) is 2. The first-order valence-electron chi connectivity index (χ1n) is 6.23. The Bertz CT molecular complexity index is 602. The van der Waals surface area contributed by atoms with Crippen LogP contribution in [0.2, 0.25) is 0 Å². The minimum absolute atomic E-state index is 0.158. The highest BCUT2D eigenvalue weighted by Crippen LogP contribution is 2.19. The Hall–Kier alpha value is -1.51. The molecular weight excluding hydrogens is 280 g/mol. The van der Waals surface area contributed by atoms with Gasteiger partial charge in [0.1, 0.15) is 11.1 Å². The van der Waals surface area contributed by atoms with E-state index < -0.39 is 9.73 Å². The van der Waals surface area contributed by atoms with Crippen LogP contribution < -0.4 is 5.32 Å². The SMILES string of the molecule is CON1CCCC1C(=O)Nc1ccnc([S@](C)(=N)=O)c1. The van der Waals surface area contributed by atoms with Crippen molar-refractivity contribution in [2.45, 2.75) is 23.9 Å². The van der Waals surface area contributed by atoms with Gasteiger partial charge >= 0.3 is 0 Å². The van der Waals surface area contributed by atoms with Crippen LogP contribution in [0, 0.1) is 4.78 Å². The van der Waals surface area contributed by atoms with E-state index in [1.54, 1.807) is 18.2 Å². The smallest absolute Gasteiger partial charge is 0.244 e. The van der Waals surface area contributed by atoms with E-state index in [1.165, 1.54) is 18.5 Å². The second kappa shape index (κ2) is 5.86. The summed E-state index contributed by atoms with van der Waals surface area (Å²) in [6.07, 6.45) is 4.37. The van der Waals surface area contributed by atoms with E-state index in [0.29, 0.717) is 5.69 Å². The van der Waals surface area contributed by atoms with Gasteiger partial charge in [-0.2, -0.15) is 5.06 Å². The Morgan fingerprint density at radius 3 is 3.05 bits per heavy atom. The summed E-state index contributed by atoms with van der Waals surface area (Å²) in [5.74, 6) is -0.172. The molecule has 1 aliphatic heterocycles. The molecule has 2 N–H and O–H groups in total. The lowest BCUT2D eigenvalue weighted by Gasteiger charge is -2.20. The molecule has 2 rings (SSSR count). The maximum Gasteiger partial charge on any atom is 0.244 e. The van der Waals surface area contributed by atoms with Crippen LogP contribution in [0.4, 0.5) is 5.69 Å². The van der Waals surface area contributed by atoms with Crippen molar-refractivity contribution in [3.8, 4) is 0 Å². The summed E-state index contributed by atoms with van der Waals surface area (Å²) in [4.78, 5) is 21.2. The van der Waals surface area contributed by atoms with Crippen molar-refractivity contribution in [2.24, 2.45) is 0 Å². The van der Waals surface area contributed by atoms with E-state index in [1.807, 2.05) is 0 Å². The number of anilines is 1. The maximum absolute atomic E-state index is 12.2. The largest absolute Gasteiger partial charge is 0.324 e. The first-order chi connectivity index (χ1) is 9.41. The molecular formula is C12H18N4O3S. The number of aromatic nitrogens is 1. The summed E-state index contributed by atoms with van der Waals surface area (Å²) < 4.78 is 19.1. The molecule has 0 saturated carbocycles. The van der Waals surface area contributed by atoms with Crippen LogP contribution in [0.3, 0.4) is 0 Å². The van der Waals surface area contributed by atoms with Gasteiger partial charge in [-0.1, -0.05) is 0 Å². The highest BCUT2D eigenvalue weighted by Gasteiger charge is 2.31. The van der Waals surface area contributed by atoms with Gasteiger partial charge in [0, 0.05) is 24.7 Å². The monoisotopic (exact) mass is 298 g/mol. The molecule has 20 heavy (non-hydrogen) atoms. The summed E-state index contributed by atoms with van der Waals surface area (Å²) in [6.45, 7) is 0.728. The Morgan fingerprint density at radius 2 is 2.40 bits per heavy atom. The van der Waals surface area contributed by atoms with E-state index in [4.69, 9.17) is 9.62 Å². The zero-order chi connectivity index (χ0) is 14.8. The predicted molar refractivity (Wildman–Crippen MR) is 74.7 cm³/mol. The molecule has 8 heteroatoms. The average Bonchev–Trinajstić information content (AvgIpc) is 2.86. The van der Waals surface area contributed by atoms with Gasteiger partial charge in [-0.25, -0.2) is 14.0 Å². The number of nitrogens with zero attached hydrogens (tertiary/aromatic N) is 2. The van der Waals surface area contributed by atoms with E-state index in [-0.39, 0.29) is 17.0 Å². The summed E-state index contributed by atoms with van der Waals surface area (Å²) in [5.41, 5.74) is 0.491. The minimum Gasteiger partial charge on any atom is -0.324 e. The molecule has 7 nitrogen and oxygen atoms in total. The van der Waals surface area contributed by atoms with Crippen LogP contribution in [-0.4, -0.2) is 46.1 Å². The Labute approximate surface area is 118 Å². The Balaban J connectivity index is 2.12. The van der Waals surface area contributed by atoms with Crippen LogP contribution in [0.25, 0.3) is 0 Å².